The van der Waals surface area contributed by atoms with Crippen LogP contribution in [-0.2, 0) is 6.54 Å². The van der Waals surface area contributed by atoms with E-state index in [4.69, 9.17) is 4.74 Å². The minimum Gasteiger partial charge on any atom is -0.496 e. The standard InChI is InChI=1S/C23H28N6O/c1-3-13-27-14-16-28(17-15-27)22(20-11-7-8-12-21(20)30-2)23-24-25-26-29(23)18-19-9-5-4-6-10-19/h3-12,22H,1,13-18H2,2H3/p+2/t22-/m1/s1. The maximum atomic E-state index is 5.72. The summed E-state index contributed by atoms with van der Waals surface area (Å²) in [5.74, 6) is 1.76. The second kappa shape index (κ2) is 9.65. The second-order valence-electron chi connectivity index (χ2n) is 7.76. The van der Waals surface area contributed by atoms with Crippen LogP contribution in [0, 0.1) is 0 Å². The first kappa shape index (κ1) is 20.3. The van der Waals surface area contributed by atoms with E-state index in [1.165, 1.54) is 10.5 Å². The highest BCUT2D eigenvalue weighted by Crippen LogP contribution is 2.27. The number of benzene rings is 2. The van der Waals surface area contributed by atoms with Gasteiger partial charge < -0.3 is 14.5 Å². The van der Waals surface area contributed by atoms with Gasteiger partial charge in [-0.3, -0.25) is 0 Å². The summed E-state index contributed by atoms with van der Waals surface area (Å²) < 4.78 is 7.66. The molecule has 2 aromatic carbocycles. The van der Waals surface area contributed by atoms with Gasteiger partial charge in [0.25, 0.3) is 0 Å². The van der Waals surface area contributed by atoms with Gasteiger partial charge in [0.1, 0.15) is 31.9 Å². The highest BCUT2D eigenvalue weighted by molar-refractivity contribution is 5.37. The molecule has 0 radical (unpaired) electrons. The fraction of sp³-hybridized carbons (Fsp3) is 0.348. The molecule has 1 atom stereocenters. The molecule has 1 aliphatic rings. The summed E-state index contributed by atoms with van der Waals surface area (Å²) >= 11 is 0. The molecule has 7 nitrogen and oxygen atoms in total. The van der Waals surface area contributed by atoms with Crippen molar-refractivity contribution in [3.8, 4) is 5.75 Å². The minimum absolute atomic E-state index is 0.0187. The van der Waals surface area contributed by atoms with E-state index in [0.717, 1.165) is 49.9 Å². The molecular weight excluding hydrogens is 376 g/mol. The summed E-state index contributed by atoms with van der Waals surface area (Å²) in [4.78, 5) is 3.05. The predicted molar refractivity (Wildman–Crippen MR) is 115 cm³/mol. The van der Waals surface area contributed by atoms with Crippen molar-refractivity contribution >= 4 is 0 Å². The van der Waals surface area contributed by atoms with Crippen molar-refractivity contribution in [3.63, 3.8) is 0 Å². The normalized spacial score (nSPS) is 19.9. The predicted octanol–water partition coefficient (Wildman–Crippen LogP) is -0.211. The van der Waals surface area contributed by atoms with Crippen molar-refractivity contribution in [2.75, 3.05) is 39.8 Å². The van der Waals surface area contributed by atoms with Crippen LogP contribution in [-0.4, -0.2) is 60.0 Å². The van der Waals surface area contributed by atoms with Crippen LogP contribution < -0.4 is 14.5 Å². The van der Waals surface area contributed by atoms with Gasteiger partial charge in [-0.1, -0.05) is 49.0 Å². The topological polar surface area (TPSA) is 61.7 Å². The second-order valence-corrected chi connectivity index (χ2v) is 7.76. The number of quaternary nitrogens is 2. The summed E-state index contributed by atoms with van der Waals surface area (Å²) in [6, 6.07) is 18.6. The Hall–Kier alpha value is -3.03. The molecule has 1 aliphatic heterocycles. The van der Waals surface area contributed by atoms with E-state index < -0.39 is 0 Å². The summed E-state index contributed by atoms with van der Waals surface area (Å²) in [6.45, 7) is 9.86. The van der Waals surface area contributed by atoms with Gasteiger partial charge in [0, 0.05) is 0 Å². The molecule has 0 bridgehead atoms. The Bertz CT molecular complexity index is 949. The van der Waals surface area contributed by atoms with Crippen molar-refractivity contribution < 1.29 is 14.5 Å². The first-order valence-corrected chi connectivity index (χ1v) is 10.5. The maximum Gasteiger partial charge on any atom is 0.214 e. The van der Waals surface area contributed by atoms with Crippen molar-refractivity contribution in [2.45, 2.75) is 12.6 Å². The Morgan fingerprint density at radius 2 is 1.80 bits per heavy atom. The van der Waals surface area contributed by atoms with Gasteiger partial charge >= 0.3 is 0 Å². The molecule has 1 aromatic heterocycles. The Morgan fingerprint density at radius 3 is 2.53 bits per heavy atom. The Labute approximate surface area is 177 Å². The van der Waals surface area contributed by atoms with Gasteiger partial charge in [0.15, 0.2) is 6.04 Å². The smallest absolute Gasteiger partial charge is 0.214 e. The first-order chi connectivity index (χ1) is 14.8. The van der Waals surface area contributed by atoms with Crippen LogP contribution in [0.1, 0.15) is 23.0 Å². The van der Waals surface area contributed by atoms with Gasteiger partial charge in [-0.05, 0) is 34.2 Å². The lowest BCUT2D eigenvalue weighted by atomic mass is 10.0. The number of hydrogen-bond acceptors (Lipinski definition) is 4. The quantitative estimate of drug-likeness (QED) is 0.508. The number of ether oxygens (including phenoxy) is 1. The fourth-order valence-corrected chi connectivity index (χ4v) is 4.36. The van der Waals surface area contributed by atoms with E-state index in [1.54, 1.807) is 12.0 Å². The van der Waals surface area contributed by atoms with Gasteiger partial charge in [-0.25, -0.2) is 4.68 Å². The van der Waals surface area contributed by atoms with E-state index in [9.17, 15) is 0 Å². The summed E-state index contributed by atoms with van der Waals surface area (Å²) in [5.41, 5.74) is 2.31. The molecule has 0 amide bonds. The number of methoxy groups -OCH3 is 1. The molecule has 30 heavy (non-hydrogen) atoms. The molecular formula is C23H30N6O+2. The van der Waals surface area contributed by atoms with Crippen LogP contribution in [0.5, 0.6) is 5.75 Å². The van der Waals surface area contributed by atoms with Crippen LogP contribution in [0.2, 0.25) is 0 Å². The van der Waals surface area contributed by atoms with Gasteiger partial charge in [0.05, 0.1) is 25.8 Å². The van der Waals surface area contributed by atoms with E-state index in [2.05, 4.69) is 46.4 Å². The Morgan fingerprint density at radius 1 is 1.07 bits per heavy atom. The molecule has 0 unspecified atom stereocenters. The monoisotopic (exact) mass is 406 g/mol. The average Bonchev–Trinajstić information content (AvgIpc) is 3.24. The van der Waals surface area contributed by atoms with E-state index in [1.807, 2.05) is 41.1 Å². The third-order valence-corrected chi connectivity index (χ3v) is 5.88. The zero-order valence-electron chi connectivity index (χ0n) is 17.5. The van der Waals surface area contributed by atoms with E-state index in [-0.39, 0.29) is 6.04 Å². The van der Waals surface area contributed by atoms with Crippen molar-refractivity contribution in [1.29, 1.82) is 0 Å². The third-order valence-electron chi connectivity index (χ3n) is 5.88. The number of rotatable bonds is 8. The Balaban J connectivity index is 1.68. The number of nitrogens with one attached hydrogen (secondary N) is 2. The molecule has 0 spiro atoms. The maximum absolute atomic E-state index is 5.72. The largest absolute Gasteiger partial charge is 0.496 e. The SMILES string of the molecule is C=CC[NH+]1CC[NH+]([C@H](c2ccccc2OC)c2nnnn2Cc2ccccc2)CC1. The highest BCUT2D eigenvalue weighted by Gasteiger charge is 2.36. The van der Waals surface area contributed by atoms with Crippen LogP contribution >= 0.6 is 0 Å². The number of tetrazole rings is 1. The molecule has 2 N–H and O–H groups in total. The molecule has 3 aromatic rings. The van der Waals surface area contributed by atoms with Crippen LogP contribution in [0.3, 0.4) is 0 Å². The van der Waals surface area contributed by atoms with Crippen LogP contribution in [0.15, 0.2) is 67.3 Å². The molecule has 1 fully saturated rings. The number of piperazine rings is 1. The molecule has 0 saturated carbocycles. The number of aromatic nitrogens is 4. The van der Waals surface area contributed by atoms with Crippen molar-refractivity contribution in [1.82, 2.24) is 20.2 Å². The van der Waals surface area contributed by atoms with Gasteiger partial charge in [-0.2, -0.15) is 0 Å². The molecule has 0 aliphatic carbocycles. The molecule has 1 saturated heterocycles. The Kier molecular flexibility index (Phi) is 6.51. The van der Waals surface area contributed by atoms with Crippen LogP contribution in [0.4, 0.5) is 0 Å². The average molecular weight is 407 g/mol. The summed E-state index contributed by atoms with van der Waals surface area (Å²) in [5, 5.41) is 12.9. The number of para-hydroxylation sites is 1. The van der Waals surface area contributed by atoms with E-state index in [0.29, 0.717) is 6.54 Å². The van der Waals surface area contributed by atoms with Crippen molar-refractivity contribution in [2.24, 2.45) is 0 Å². The zero-order valence-corrected chi connectivity index (χ0v) is 17.5. The molecule has 156 valence electrons. The van der Waals surface area contributed by atoms with Crippen molar-refractivity contribution in [3.05, 3.63) is 84.2 Å². The lowest BCUT2D eigenvalue weighted by Gasteiger charge is -2.34. The summed E-state index contributed by atoms with van der Waals surface area (Å²) in [7, 11) is 1.73. The lowest BCUT2D eigenvalue weighted by Crippen LogP contribution is -3.28. The molecule has 7 heteroatoms. The first-order valence-electron chi connectivity index (χ1n) is 10.5. The zero-order chi connectivity index (χ0) is 20.8. The lowest BCUT2D eigenvalue weighted by molar-refractivity contribution is -1.02. The fourth-order valence-electron chi connectivity index (χ4n) is 4.36. The van der Waals surface area contributed by atoms with Crippen LogP contribution in [0.25, 0.3) is 0 Å². The van der Waals surface area contributed by atoms with Gasteiger partial charge in [0.2, 0.25) is 5.82 Å². The molecule has 4 rings (SSSR count). The number of nitrogens with zero attached hydrogens (tertiary/aromatic N) is 4. The summed E-state index contributed by atoms with van der Waals surface area (Å²) in [6.07, 6.45) is 2.01. The highest BCUT2D eigenvalue weighted by atomic mass is 16.5. The third kappa shape index (κ3) is 4.42. The number of hydrogen-bond donors (Lipinski definition) is 2. The van der Waals surface area contributed by atoms with Gasteiger partial charge in [-0.15, -0.1) is 5.10 Å². The van der Waals surface area contributed by atoms with E-state index >= 15 is 0 Å². The molecule has 2 heterocycles. The minimum atomic E-state index is 0.0187.